The van der Waals surface area contributed by atoms with Crippen LogP contribution in [0.4, 0.5) is 0 Å². The molecule has 0 bridgehead atoms. The minimum Gasteiger partial charge on any atom is -0.393 e. The van der Waals surface area contributed by atoms with Crippen LogP contribution in [0.25, 0.3) is 0 Å². The maximum Gasteiger partial charge on any atom is 0.267 e. The molecule has 0 aliphatic rings. The molecule has 164 valence electrons. The monoisotopic (exact) mass is 406 g/mol. The molecule has 0 aromatic carbocycles. The van der Waals surface area contributed by atoms with Crippen LogP contribution in [0.15, 0.2) is 0 Å². The minimum absolute atomic E-state index is 0.367. The molecule has 0 aliphatic carbocycles. The summed E-state index contributed by atoms with van der Waals surface area (Å²) in [5.41, 5.74) is 0. The molecule has 2 atom stereocenters. The van der Waals surface area contributed by atoms with Crippen molar-refractivity contribution in [1.82, 2.24) is 0 Å². The van der Waals surface area contributed by atoms with Gasteiger partial charge in [0, 0.05) is 0 Å². The summed E-state index contributed by atoms with van der Waals surface area (Å²) in [5.74, 6) is 0. The highest BCUT2D eigenvalue weighted by Gasteiger charge is 2.23. The number of hydrogen-bond donors (Lipinski definition) is 2. The van der Waals surface area contributed by atoms with Gasteiger partial charge in [-0.2, -0.15) is 8.42 Å². The van der Waals surface area contributed by atoms with E-state index in [-0.39, 0.29) is 0 Å². The van der Waals surface area contributed by atoms with Crippen LogP contribution < -0.4 is 0 Å². The summed E-state index contributed by atoms with van der Waals surface area (Å²) < 4.78 is 32.7. The highest BCUT2D eigenvalue weighted by atomic mass is 32.2. The predicted octanol–water partition coefficient (Wildman–Crippen LogP) is 6.67. The molecule has 0 fully saturated rings. The molecule has 0 aromatic rings. The van der Waals surface area contributed by atoms with E-state index in [9.17, 15) is 18.1 Å². The largest absolute Gasteiger partial charge is 0.393 e. The van der Waals surface area contributed by atoms with E-state index >= 15 is 0 Å². The molecule has 0 heterocycles. The average Bonchev–Trinajstić information content (AvgIpc) is 2.61. The maximum absolute atomic E-state index is 11.6. The topological polar surface area (TPSA) is 74.6 Å². The van der Waals surface area contributed by atoms with Crippen LogP contribution in [0, 0.1) is 0 Å². The number of unbranched alkanes of at least 4 members (excludes halogenated alkanes) is 12. The number of rotatable bonds is 20. The summed E-state index contributed by atoms with van der Waals surface area (Å²) in [7, 11) is -4.01. The zero-order valence-corrected chi connectivity index (χ0v) is 18.8. The van der Waals surface area contributed by atoms with Crippen molar-refractivity contribution in [2.24, 2.45) is 0 Å². The van der Waals surface area contributed by atoms with Gasteiger partial charge in [-0.3, -0.25) is 4.55 Å². The zero-order valence-electron chi connectivity index (χ0n) is 18.0. The summed E-state index contributed by atoms with van der Waals surface area (Å²) in [6, 6.07) is 0. The van der Waals surface area contributed by atoms with Gasteiger partial charge in [-0.1, -0.05) is 104 Å². The third-order valence-corrected chi connectivity index (χ3v) is 6.83. The van der Waals surface area contributed by atoms with E-state index in [4.69, 9.17) is 0 Å². The van der Waals surface area contributed by atoms with Gasteiger partial charge in [0.2, 0.25) is 0 Å². The van der Waals surface area contributed by atoms with Crippen LogP contribution in [-0.4, -0.2) is 29.4 Å². The first-order valence-electron chi connectivity index (χ1n) is 11.6. The number of aliphatic hydroxyl groups excluding tert-OH is 1. The Kier molecular flexibility index (Phi) is 17.8. The molecule has 0 radical (unpaired) electrons. The van der Waals surface area contributed by atoms with Gasteiger partial charge in [0.05, 0.1) is 11.4 Å². The molecule has 5 heteroatoms. The summed E-state index contributed by atoms with van der Waals surface area (Å²) in [4.78, 5) is 0. The molecule has 2 unspecified atom stereocenters. The van der Waals surface area contributed by atoms with E-state index in [2.05, 4.69) is 13.8 Å². The fourth-order valence-electron chi connectivity index (χ4n) is 3.63. The Morgan fingerprint density at radius 1 is 0.593 bits per heavy atom. The Balaban J connectivity index is 3.86. The van der Waals surface area contributed by atoms with Gasteiger partial charge >= 0.3 is 0 Å². The van der Waals surface area contributed by atoms with Gasteiger partial charge in [-0.25, -0.2) is 0 Å². The fourth-order valence-corrected chi connectivity index (χ4v) is 4.53. The van der Waals surface area contributed by atoms with Gasteiger partial charge in [0.15, 0.2) is 0 Å². The van der Waals surface area contributed by atoms with Crippen LogP contribution in [0.5, 0.6) is 0 Å². The molecule has 2 N–H and O–H groups in total. The fraction of sp³-hybridized carbons (Fsp3) is 1.00. The Labute approximate surface area is 169 Å². The van der Waals surface area contributed by atoms with E-state index in [0.717, 1.165) is 38.5 Å². The van der Waals surface area contributed by atoms with Crippen LogP contribution in [0.3, 0.4) is 0 Å². The van der Waals surface area contributed by atoms with E-state index in [0.29, 0.717) is 19.3 Å². The van der Waals surface area contributed by atoms with Crippen molar-refractivity contribution in [2.45, 2.75) is 141 Å². The highest BCUT2D eigenvalue weighted by Crippen LogP contribution is 2.20. The lowest BCUT2D eigenvalue weighted by atomic mass is 10.0. The first-order chi connectivity index (χ1) is 12.9. The van der Waals surface area contributed by atoms with Crippen molar-refractivity contribution in [3.63, 3.8) is 0 Å². The van der Waals surface area contributed by atoms with E-state index < -0.39 is 21.5 Å². The van der Waals surface area contributed by atoms with Crippen LogP contribution in [-0.2, 0) is 10.1 Å². The summed E-state index contributed by atoms with van der Waals surface area (Å²) in [5, 5.41) is 9.36. The first-order valence-corrected chi connectivity index (χ1v) is 13.1. The van der Waals surface area contributed by atoms with Crippen molar-refractivity contribution in [1.29, 1.82) is 0 Å². The molecule has 0 amide bonds. The Morgan fingerprint density at radius 3 is 1.44 bits per heavy atom. The second kappa shape index (κ2) is 17.9. The van der Waals surface area contributed by atoms with Crippen molar-refractivity contribution < 1.29 is 18.1 Å². The lowest BCUT2D eigenvalue weighted by Gasteiger charge is -2.16. The molecular weight excluding hydrogens is 360 g/mol. The quantitative estimate of drug-likeness (QED) is 0.175. The van der Waals surface area contributed by atoms with Gasteiger partial charge in [0.25, 0.3) is 10.1 Å². The van der Waals surface area contributed by atoms with Gasteiger partial charge in [-0.05, 0) is 25.7 Å². The number of hydrogen-bond acceptors (Lipinski definition) is 3. The van der Waals surface area contributed by atoms with Gasteiger partial charge in [0.1, 0.15) is 0 Å². The average molecular weight is 407 g/mol. The lowest BCUT2D eigenvalue weighted by molar-refractivity contribution is 0.147. The van der Waals surface area contributed by atoms with E-state index in [1.807, 2.05) is 0 Å². The molecule has 27 heavy (non-hydrogen) atoms. The number of aliphatic hydroxyl groups is 1. The molecule has 0 aromatic heterocycles. The van der Waals surface area contributed by atoms with Gasteiger partial charge < -0.3 is 5.11 Å². The van der Waals surface area contributed by atoms with Crippen molar-refractivity contribution >= 4 is 10.1 Å². The van der Waals surface area contributed by atoms with Crippen LogP contribution in [0.2, 0.25) is 0 Å². The van der Waals surface area contributed by atoms with Gasteiger partial charge in [-0.15, -0.1) is 0 Å². The zero-order chi connectivity index (χ0) is 20.4. The summed E-state index contributed by atoms with van der Waals surface area (Å²) in [6.45, 7) is 4.40. The molecule has 0 spiro atoms. The molecular formula is C22H46O4S. The standard InChI is InChI=1S/C22H46O4S/c1-3-5-7-9-10-11-12-14-16-18-22(27(24,25)26)20-19-21(23)17-15-13-8-6-4-2/h21-23H,3-20H2,1-2H3,(H,24,25,26). The molecule has 4 nitrogen and oxygen atoms in total. The van der Waals surface area contributed by atoms with Crippen molar-refractivity contribution in [3.05, 3.63) is 0 Å². The van der Waals surface area contributed by atoms with E-state index in [1.54, 1.807) is 0 Å². The highest BCUT2D eigenvalue weighted by molar-refractivity contribution is 7.86. The maximum atomic E-state index is 11.6. The predicted molar refractivity (Wildman–Crippen MR) is 116 cm³/mol. The Morgan fingerprint density at radius 2 is 1.00 bits per heavy atom. The smallest absolute Gasteiger partial charge is 0.267 e. The normalized spacial score (nSPS) is 14.4. The SMILES string of the molecule is CCCCCCCCCCCC(CCC(O)CCCCCCC)S(=O)(=O)O. The molecule has 0 saturated heterocycles. The van der Waals surface area contributed by atoms with Crippen LogP contribution >= 0.6 is 0 Å². The van der Waals surface area contributed by atoms with E-state index in [1.165, 1.54) is 57.8 Å². The molecule has 0 saturated carbocycles. The van der Waals surface area contributed by atoms with Crippen LogP contribution in [0.1, 0.15) is 129 Å². The summed E-state index contributed by atoms with van der Waals surface area (Å²) >= 11 is 0. The second-order valence-electron chi connectivity index (χ2n) is 8.19. The third kappa shape index (κ3) is 17.7. The molecule has 0 aliphatic heterocycles. The third-order valence-electron chi connectivity index (χ3n) is 5.51. The van der Waals surface area contributed by atoms with Crippen molar-refractivity contribution in [3.8, 4) is 0 Å². The first kappa shape index (κ1) is 26.9. The van der Waals surface area contributed by atoms with Crippen molar-refractivity contribution in [2.75, 3.05) is 0 Å². The molecule has 0 rings (SSSR count). The lowest BCUT2D eigenvalue weighted by Crippen LogP contribution is -2.22. The minimum atomic E-state index is -4.01. The Bertz CT molecular complexity index is 409. The Hall–Kier alpha value is -0.130. The summed E-state index contributed by atoms with van der Waals surface area (Å²) in [6.07, 6.45) is 18.1. The second-order valence-corrected chi connectivity index (χ2v) is 9.88.